The summed E-state index contributed by atoms with van der Waals surface area (Å²) in [6.07, 6.45) is 7.17. The van der Waals surface area contributed by atoms with Crippen LogP contribution in [0.5, 0.6) is 5.75 Å². The Bertz CT molecular complexity index is 1830. The summed E-state index contributed by atoms with van der Waals surface area (Å²) in [5, 5.41) is 5.06. The van der Waals surface area contributed by atoms with Gasteiger partial charge in [-0.2, -0.15) is 8.42 Å². The minimum absolute atomic E-state index is 0. The van der Waals surface area contributed by atoms with E-state index < -0.39 is 55.6 Å². The Balaban J connectivity index is 0.00000468. The zero-order valence-corrected chi connectivity index (χ0v) is 34.2. The first-order chi connectivity index (χ1) is 23.8. The Morgan fingerprint density at radius 3 is 2.20 bits per heavy atom. The number of nitrogens with zero attached hydrogens (tertiary/aromatic N) is 1. The van der Waals surface area contributed by atoms with Gasteiger partial charge in [-0.15, -0.1) is 11.8 Å². The van der Waals surface area contributed by atoms with Crippen molar-refractivity contribution in [1.82, 2.24) is 10.6 Å². The van der Waals surface area contributed by atoms with Gasteiger partial charge in [0.1, 0.15) is 11.8 Å². The van der Waals surface area contributed by atoms with Crippen LogP contribution in [0.2, 0.25) is 0 Å². The number of thioether (sulfide) groups is 1. The molecule has 2 amide bonds. The summed E-state index contributed by atoms with van der Waals surface area (Å²) in [4.78, 5) is 29.2. The molecule has 3 aromatic rings. The van der Waals surface area contributed by atoms with E-state index in [0.29, 0.717) is 22.7 Å². The van der Waals surface area contributed by atoms with Crippen LogP contribution < -0.4 is 49.8 Å². The molecule has 0 fully saturated rings. The fraction of sp³-hybridized carbons (Fsp3) is 0.444. The van der Waals surface area contributed by atoms with Crippen molar-refractivity contribution in [3.63, 3.8) is 0 Å². The topological polar surface area (TPSA) is 159 Å². The van der Waals surface area contributed by atoms with Crippen molar-refractivity contribution in [2.75, 3.05) is 42.4 Å². The van der Waals surface area contributed by atoms with Gasteiger partial charge in [0.05, 0.1) is 27.0 Å². The van der Waals surface area contributed by atoms with E-state index in [9.17, 15) is 26.4 Å². The maximum atomic E-state index is 14.4. The molecule has 51 heavy (non-hydrogen) atoms. The average Bonchev–Trinajstić information content (AvgIpc) is 3.19. The molecule has 0 saturated heterocycles. The number of carbonyl (C=O) groups excluding carboxylic acids is 2. The smallest absolute Gasteiger partial charge is 1.00 e. The van der Waals surface area contributed by atoms with E-state index >= 15 is 0 Å². The molecule has 11 nitrogen and oxygen atoms in total. The number of nitrogens with one attached hydrogen (secondary N) is 2. The summed E-state index contributed by atoms with van der Waals surface area (Å²) in [7, 11) is -8.11. The second-order valence-corrected chi connectivity index (χ2v) is 17.0. The number of rotatable bonds is 17. The van der Waals surface area contributed by atoms with Gasteiger partial charge in [-0.1, -0.05) is 88.1 Å². The number of ether oxygens (including phenoxy) is 1. The van der Waals surface area contributed by atoms with Gasteiger partial charge < -0.3 is 21.7 Å². The fourth-order valence-corrected chi connectivity index (χ4v) is 9.30. The number of carbonyl (C=O) groups is 2. The third kappa shape index (κ3) is 12.0. The Labute approximate surface area is 330 Å². The number of benzene rings is 3. The number of sulfone groups is 1. The SMILES string of the molecule is CCCCC1(CCCC)CN(c2ccccc2)c2cc(SC)c(OCC(=O)N[C@H](C(=O)NCCS(=O)(=O)O)c3ccccc3)cc2S(=O)(=O)C1.[H-].[Na+]. The van der Waals surface area contributed by atoms with Crippen LogP contribution in [0.25, 0.3) is 0 Å². The predicted octanol–water partition coefficient (Wildman–Crippen LogP) is 3.06. The van der Waals surface area contributed by atoms with Crippen LogP contribution in [-0.2, 0) is 29.5 Å². The van der Waals surface area contributed by atoms with Gasteiger partial charge in [0.15, 0.2) is 16.4 Å². The van der Waals surface area contributed by atoms with Crippen LogP contribution in [0.3, 0.4) is 0 Å². The Morgan fingerprint density at radius 2 is 1.63 bits per heavy atom. The molecule has 0 spiro atoms. The first-order valence-electron chi connectivity index (χ1n) is 16.8. The van der Waals surface area contributed by atoms with E-state index in [1.54, 1.807) is 30.3 Å². The second-order valence-electron chi connectivity index (χ2n) is 12.6. The number of anilines is 2. The molecular formula is C36H48N3NaO8S3. The number of hydrogen-bond acceptors (Lipinski definition) is 9. The van der Waals surface area contributed by atoms with Crippen LogP contribution in [-0.4, -0.2) is 70.7 Å². The summed E-state index contributed by atoms with van der Waals surface area (Å²) in [5.41, 5.74) is 1.44. The summed E-state index contributed by atoms with van der Waals surface area (Å²) < 4.78 is 66.0. The summed E-state index contributed by atoms with van der Waals surface area (Å²) in [6.45, 7) is 3.91. The third-order valence-corrected chi connectivity index (χ3v) is 12.2. The minimum Gasteiger partial charge on any atom is -1.00 e. The normalized spacial score (nSPS) is 15.4. The van der Waals surface area contributed by atoms with Gasteiger partial charge in [0.25, 0.3) is 16.0 Å². The summed E-state index contributed by atoms with van der Waals surface area (Å²) >= 11 is 1.37. The third-order valence-electron chi connectivity index (χ3n) is 8.77. The van der Waals surface area contributed by atoms with E-state index in [1.165, 1.54) is 17.8 Å². The Hall–Kier alpha value is -2.59. The maximum absolute atomic E-state index is 14.4. The summed E-state index contributed by atoms with van der Waals surface area (Å²) in [6, 6.07) is 20.3. The van der Waals surface area contributed by atoms with Gasteiger partial charge in [-0.3, -0.25) is 14.1 Å². The molecule has 15 heteroatoms. The molecule has 1 heterocycles. The van der Waals surface area contributed by atoms with Crippen molar-refractivity contribution in [2.24, 2.45) is 5.41 Å². The van der Waals surface area contributed by atoms with E-state index in [-0.39, 0.29) is 53.9 Å². The van der Waals surface area contributed by atoms with Crippen molar-refractivity contribution in [3.8, 4) is 5.75 Å². The van der Waals surface area contributed by atoms with E-state index in [4.69, 9.17) is 9.29 Å². The molecular weight excluding hydrogens is 722 g/mol. The molecule has 3 aromatic carbocycles. The zero-order chi connectivity index (χ0) is 36.4. The standard InChI is InChI=1S/C36H47N3O8S3.Na.H/c1-4-6-18-36(19-7-5-2)25-39(28-16-12-9-13-17-28)29-22-31(48-3)30(23-32(29)49(42,43)26-36)47-24-33(40)38-34(27-14-10-8-11-15-27)35(41)37-20-21-50(44,45)46;;/h8-17,22-23,34H,4-7,18-21,24-26H2,1-3H3,(H,37,41)(H,38,40)(H,44,45,46);;/q;+1;-1/t34-;;/m0../s1. The van der Waals surface area contributed by atoms with E-state index in [1.807, 2.05) is 42.7 Å². The molecule has 4 rings (SSSR count). The molecule has 1 atom stereocenters. The monoisotopic (exact) mass is 769 g/mol. The van der Waals surface area contributed by atoms with Gasteiger partial charge in [-0.05, 0) is 42.9 Å². The molecule has 274 valence electrons. The Kier molecular flexibility index (Phi) is 16.4. The number of unbranched alkanes of at least 4 members (excludes halogenated alkanes) is 2. The number of para-hydroxylation sites is 1. The van der Waals surface area contributed by atoms with Crippen LogP contribution in [0.15, 0.2) is 82.6 Å². The molecule has 0 bridgehead atoms. The van der Waals surface area contributed by atoms with Gasteiger partial charge in [0, 0.05) is 30.3 Å². The van der Waals surface area contributed by atoms with E-state index in [2.05, 4.69) is 29.4 Å². The van der Waals surface area contributed by atoms with E-state index in [0.717, 1.165) is 44.2 Å². The quantitative estimate of drug-likeness (QED) is 0.106. The van der Waals surface area contributed by atoms with Crippen LogP contribution in [0, 0.1) is 5.41 Å². The molecule has 0 saturated carbocycles. The van der Waals surface area contributed by atoms with Crippen molar-refractivity contribution in [2.45, 2.75) is 68.2 Å². The summed E-state index contributed by atoms with van der Waals surface area (Å²) in [5.74, 6) is -1.79. The molecule has 1 aliphatic rings. The largest absolute Gasteiger partial charge is 1.00 e. The fourth-order valence-electron chi connectivity index (χ4n) is 6.28. The Morgan fingerprint density at radius 1 is 1.02 bits per heavy atom. The van der Waals surface area contributed by atoms with Crippen LogP contribution in [0.1, 0.15) is 65.4 Å². The maximum Gasteiger partial charge on any atom is 1.00 e. The molecule has 0 aromatic heterocycles. The average molecular weight is 770 g/mol. The molecule has 3 N–H and O–H groups in total. The first kappa shape index (κ1) is 42.8. The predicted molar refractivity (Wildman–Crippen MR) is 199 cm³/mol. The first-order valence-corrected chi connectivity index (χ1v) is 21.3. The van der Waals surface area contributed by atoms with Gasteiger partial charge in [-0.25, -0.2) is 8.42 Å². The van der Waals surface area contributed by atoms with Crippen LogP contribution >= 0.6 is 11.8 Å². The zero-order valence-electron chi connectivity index (χ0n) is 30.8. The van der Waals surface area contributed by atoms with Crippen molar-refractivity contribution < 1.29 is 66.7 Å². The van der Waals surface area contributed by atoms with Crippen LogP contribution in [0.4, 0.5) is 11.4 Å². The number of fused-ring (bicyclic) bond motifs is 1. The van der Waals surface area contributed by atoms with Crippen molar-refractivity contribution in [3.05, 3.63) is 78.4 Å². The second kappa shape index (κ2) is 19.5. The number of hydrogen-bond donors (Lipinski definition) is 3. The molecule has 0 unspecified atom stereocenters. The molecule has 1 aliphatic heterocycles. The van der Waals surface area contributed by atoms with Crippen molar-refractivity contribution >= 4 is 54.9 Å². The van der Waals surface area contributed by atoms with Crippen molar-refractivity contribution in [1.29, 1.82) is 0 Å². The van der Waals surface area contributed by atoms with Gasteiger partial charge >= 0.3 is 29.6 Å². The minimum atomic E-state index is -4.30. The molecule has 0 aliphatic carbocycles. The van der Waals surface area contributed by atoms with Gasteiger partial charge in [0.2, 0.25) is 5.91 Å². The number of amides is 2. The molecule has 0 radical (unpaired) electrons.